The lowest BCUT2D eigenvalue weighted by Gasteiger charge is -2.25. The molecule has 0 aromatic heterocycles. The molecule has 0 aliphatic rings. The highest BCUT2D eigenvalue weighted by Crippen LogP contribution is 2.25. The summed E-state index contributed by atoms with van der Waals surface area (Å²) in [5.74, 6) is 0.927. The summed E-state index contributed by atoms with van der Waals surface area (Å²) < 4.78 is 5.37. The molecule has 1 nitrogen and oxygen atoms in total. The minimum atomic E-state index is -0.912. The summed E-state index contributed by atoms with van der Waals surface area (Å²) in [5, 5.41) is 2.91. The van der Waals surface area contributed by atoms with Crippen molar-refractivity contribution in [1.29, 1.82) is 0 Å². The standard InChI is InChI=1S/C22H23OSi/c1-17-16-19(23-3)14-15-22(17)18(2)24(20-10-6-4-7-11-20)21-12-8-5-9-13-21/h4-16,18H,1-3H3. The Morgan fingerprint density at radius 3 is 1.79 bits per heavy atom. The van der Waals surface area contributed by atoms with Gasteiger partial charge in [-0.3, -0.25) is 0 Å². The lowest BCUT2D eigenvalue weighted by Crippen LogP contribution is -2.46. The van der Waals surface area contributed by atoms with E-state index in [2.05, 4.69) is 92.7 Å². The first-order valence-electron chi connectivity index (χ1n) is 8.33. The van der Waals surface area contributed by atoms with Crippen molar-refractivity contribution in [2.75, 3.05) is 7.11 Å². The Morgan fingerprint density at radius 2 is 1.33 bits per heavy atom. The van der Waals surface area contributed by atoms with Crippen molar-refractivity contribution in [3.05, 3.63) is 90.0 Å². The van der Waals surface area contributed by atoms with Gasteiger partial charge < -0.3 is 4.74 Å². The highest BCUT2D eigenvalue weighted by molar-refractivity contribution is 6.86. The molecule has 3 aromatic carbocycles. The lowest BCUT2D eigenvalue weighted by molar-refractivity contribution is 0.414. The van der Waals surface area contributed by atoms with E-state index in [1.807, 2.05) is 0 Å². The fourth-order valence-corrected chi connectivity index (χ4v) is 6.39. The summed E-state index contributed by atoms with van der Waals surface area (Å²) in [4.78, 5) is 0. The number of rotatable bonds is 5. The molecular weight excluding hydrogens is 308 g/mol. The maximum absolute atomic E-state index is 5.37. The summed E-state index contributed by atoms with van der Waals surface area (Å²) in [6.45, 7) is 4.55. The third-order valence-electron chi connectivity index (χ3n) is 4.55. The second-order valence-electron chi connectivity index (χ2n) is 6.09. The summed E-state index contributed by atoms with van der Waals surface area (Å²) in [7, 11) is 0.811. The fraction of sp³-hybridized carbons (Fsp3) is 0.182. The minimum absolute atomic E-state index is 0.478. The molecule has 121 valence electrons. The molecule has 2 heteroatoms. The molecule has 0 saturated carbocycles. The van der Waals surface area contributed by atoms with Crippen LogP contribution in [0.5, 0.6) is 5.75 Å². The Labute approximate surface area is 146 Å². The van der Waals surface area contributed by atoms with E-state index in [-0.39, 0.29) is 0 Å². The first kappa shape index (κ1) is 16.5. The highest BCUT2D eigenvalue weighted by Gasteiger charge is 2.26. The summed E-state index contributed by atoms with van der Waals surface area (Å²) >= 11 is 0. The second kappa shape index (κ2) is 7.50. The van der Waals surface area contributed by atoms with Gasteiger partial charge in [-0.05, 0) is 35.7 Å². The minimum Gasteiger partial charge on any atom is -0.497 e. The van der Waals surface area contributed by atoms with Crippen molar-refractivity contribution in [2.45, 2.75) is 19.4 Å². The maximum Gasteiger partial charge on any atom is 0.128 e. The summed E-state index contributed by atoms with van der Waals surface area (Å²) in [5.41, 5.74) is 3.19. The van der Waals surface area contributed by atoms with Crippen molar-refractivity contribution >= 4 is 19.2 Å². The smallest absolute Gasteiger partial charge is 0.128 e. The number of hydrogen-bond acceptors (Lipinski definition) is 1. The second-order valence-corrected chi connectivity index (χ2v) is 8.94. The number of benzene rings is 3. The molecule has 0 saturated heterocycles. The van der Waals surface area contributed by atoms with Gasteiger partial charge >= 0.3 is 0 Å². The van der Waals surface area contributed by atoms with Crippen LogP contribution >= 0.6 is 0 Å². The monoisotopic (exact) mass is 331 g/mol. The third-order valence-corrected chi connectivity index (χ3v) is 7.63. The van der Waals surface area contributed by atoms with Gasteiger partial charge in [0.05, 0.1) is 7.11 Å². The van der Waals surface area contributed by atoms with Crippen molar-refractivity contribution in [1.82, 2.24) is 0 Å². The molecule has 0 heterocycles. The van der Waals surface area contributed by atoms with Crippen LogP contribution in [-0.4, -0.2) is 15.9 Å². The van der Waals surface area contributed by atoms with Gasteiger partial charge in [0.15, 0.2) is 0 Å². The molecule has 0 spiro atoms. The van der Waals surface area contributed by atoms with Crippen LogP contribution in [0.2, 0.25) is 0 Å². The summed E-state index contributed by atoms with van der Waals surface area (Å²) in [6, 6.07) is 28.3. The largest absolute Gasteiger partial charge is 0.497 e. The highest BCUT2D eigenvalue weighted by atomic mass is 28.3. The van der Waals surface area contributed by atoms with E-state index in [1.54, 1.807) is 7.11 Å². The molecule has 1 radical (unpaired) electrons. The quantitative estimate of drug-likeness (QED) is 0.643. The predicted octanol–water partition coefficient (Wildman–Crippen LogP) is 3.96. The number of hydrogen-bond donors (Lipinski definition) is 0. The molecule has 3 aromatic rings. The molecule has 0 N–H and O–H groups in total. The van der Waals surface area contributed by atoms with E-state index in [0.29, 0.717) is 5.54 Å². The van der Waals surface area contributed by atoms with Gasteiger partial charge in [-0.2, -0.15) is 0 Å². The molecule has 24 heavy (non-hydrogen) atoms. The molecule has 1 atom stereocenters. The zero-order chi connectivity index (χ0) is 16.9. The van der Waals surface area contributed by atoms with E-state index in [9.17, 15) is 0 Å². The lowest BCUT2D eigenvalue weighted by atomic mass is 10.1. The van der Waals surface area contributed by atoms with E-state index >= 15 is 0 Å². The Balaban J connectivity index is 2.06. The van der Waals surface area contributed by atoms with Gasteiger partial charge in [0, 0.05) is 0 Å². The van der Waals surface area contributed by atoms with Gasteiger partial charge in [-0.25, -0.2) is 0 Å². The van der Waals surface area contributed by atoms with Crippen LogP contribution in [0.4, 0.5) is 0 Å². The number of ether oxygens (including phenoxy) is 1. The van der Waals surface area contributed by atoms with Crippen molar-refractivity contribution in [3.8, 4) is 5.75 Å². The van der Waals surface area contributed by atoms with Crippen LogP contribution in [0.25, 0.3) is 0 Å². The fourth-order valence-electron chi connectivity index (χ4n) is 3.32. The molecule has 0 amide bonds. The van der Waals surface area contributed by atoms with Crippen LogP contribution in [0, 0.1) is 6.92 Å². The Bertz CT molecular complexity index is 744. The van der Waals surface area contributed by atoms with Crippen molar-refractivity contribution in [2.24, 2.45) is 0 Å². The van der Waals surface area contributed by atoms with E-state index in [0.717, 1.165) is 5.75 Å². The molecule has 0 aliphatic carbocycles. The molecule has 1 unspecified atom stereocenters. The van der Waals surface area contributed by atoms with E-state index in [1.165, 1.54) is 21.5 Å². The SMILES string of the molecule is COc1ccc(C(C)[Si](c2ccccc2)c2ccccc2)c(C)c1. The first-order valence-corrected chi connectivity index (χ1v) is 9.90. The van der Waals surface area contributed by atoms with Crippen LogP contribution in [-0.2, 0) is 0 Å². The summed E-state index contributed by atoms with van der Waals surface area (Å²) in [6.07, 6.45) is 0. The molecule has 0 aliphatic heterocycles. The van der Waals surface area contributed by atoms with Crippen LogP contribution in [0.3, 0.4) is 0 Å². The maximum atomic E-state index is 5.37. The first-order chi connectivity index (χ1) is 11.7. The average molecular weight is 332 g/mol. The molecule has 0 fully saturated rings. The van der Waals surface area contributed by atoms with Crippen LogP contribution < -0.4 is 15.1 Å². The zero-order valence-corrected chi connectivity index (χ0v) is 15.5. The van der Waals surface area contributed by atoms with Gasteiger partial charge in [0.2, 0.25) is 0 Å². The third kappa shape index (κ3) is 3.44. The van der Waals surface area contributed by atoms with Crippen molar-refractivity contribution < 1.29 is 4.74 Å². The van der Waals surface area contributed by atoms with Crippen LogP contribution in [0.1, 0.15) is 23.6 Å². The normalized spacial score (nSPS) is 12.2. The average Bonchev–Trinajstić information content (AvgIpc) is 2.63. The topological polar surface area (TPSA) is 9.23 Å². The van der Waals surface area contributed by atoms with Crippen molar-refractivity contribution in [3.63, 3.8) is 0 Å². The van der Waals surface area contributed by atoms with Crippen LogP contribution in [0.15, 0.2) is 78.9 Å². The molecule has 0 bridgehead atoms. The number of methoxy groups -OCH3 is 1. The zero-order valence-electron chi connectivity index (χ0n) is 14.5. The predicted molar refractivity (Wildman–Crippen MR) is 104 cm³/mol. The van der Waals surface area contributed by atoms with E-state index < -0.39 is 8.80 Å². The van der Waals surface area contributed by atoms with Gasteiger partial charge in [-0.1, -0.05) is 84.0 Å². The Kier molecular flexibility index (Phi) is 5.16. The van der Waals surface area contributed by atoms with E-state index in [4.69, 9.17) is 4.74 Å². The van der Waals surface area contributed by atoms with Gasteiger partial charge in [0.25, 0.3) is 0 Å². The Morgan fingerprint density at radius 1 is 0.792 bits per heavy atom. The van der Waals surface area contributed by atoms with Gasteiger partial charge in [0.1, 0.15) is 14.5 Å². The molecular formula is C22H23OSi. The number of aryl methyl sites for hydroxylation is 1. The van der Waals surface area contributed by atoms with Gasteiger partial charge in [-0.15, -0.1) is 0 Å². The Hall–Kier alpha value is -2.32. The molecule has 3 rings (SSSR count).